The van der Waals surface area contributed by atoms with E-state index in [-0.39, 0.29) is 5.91 Å². The van der Waals surface area contributed by atoms with Crippen LogP contribution in [0.2, 0.25) is 0 Å². The molecule has 3 aromatic rings. The number of nitrogens with zero attached hydrogens (tertiary/aromatic N) is 2. The van der Waals surface area contributed by atoms with Gasteiger partial charge in [0.25, 0.3) is 5.91 Å². The third-order valence-electron chi connectivity index (χ3n) is 4.51. The van der Waals surface area contributed by atoms with Crippen LogP contribution < -0.4 is 0 Å². The smallest absolute Gasteiger partial charge is 0.267 e. The molecular formula is C21H18N2O. The molecule has 2 heterocycles. The first kappa shape index (κ1) is 14.6. The summed E-state index contributed by atoms with van der Waals surface area (Å²) >= 11 is 0. The Kier molecular flexibility index (Phi) is 3.42. The molecule has 0 atom stereocenters. The zero-order valence-electron chi connectivity index (χ0n) is 13.8. The minimum absolute atomic E-state index is 0.0721. The summed E-state index contributed by atoms with van der Waals surface area (Å²) in [6, 6.07) is 18.5. The van der Waals surface area contributed by atoms with E-state index in [1.807, 2.05) is 25.1 Å². The van der Waals surface area contributed by atoms with Crippen LogP contribution in [0.3, 0.4) is 0 Å². The summed E-state index contributed by atoms with van der Waals surface area (Å²) in [5, 5.41) is 4.47. The Hall–Kier alpha value is -2.94. The summed E-state index contributed by atoms with van der Waals surface area (Å²) in [5.74, 6) is -0.0721. The number of carbonyl (C=O) groups is 1. The first-order valence-corrected chi connectivity index (χ1v) is 8.09. The Labute approximate surface area is 141 Å². The number of hydrogen-bond donors (Lipinski definition) is 0. The number of carbonyl (C=O) groups excluding carboxylic acids is 1. The van der Waals surface area contributed by atoms with Gasteiger partial charge in [-0.05, 0) is 30.5 Å². The van der Waals surface area contributed by atoms with Crippen molar-refractivity contribution in [2.24, 2.45) is 0 Å². The lowest BCUT2D eigenvalue weighted by Crippen LogP contribution is -2.19. The Morgan fingerprint density at radius 3 is 2.33 bits per heavy atom. The summed E-state index contributed by atoms with van der Waals surface area (Å²) in [6.07, 6.45) is 2.42. The highest BCUT2D eigenvalue weighted by atomic mass is 16.2. The second-order valence-electron chi connectivity index (χ2n) is 6.24. The Morgan fingerprint density at radius 2 is 1.62 bits per heavy atom. The van der Waals surface area contributed by atoms with Crippen molar-refractivity contribution >= 4 is 11.5 Å². The SMILES string of the molecule is Cc1ccc(C2=CC(=O)n3nc(C)c(-c4ccccc4)c3C2)cc1. The molecule has 0 spiro atoms. The van der Waals surface area contributed by atoms with Gasteiger partial charge in [-0.25, -0.2) is 4.68 Å². The molecule has 24 heavy (non-hydrogen) atoms. The van der Waals surface area contributed by atoms with E-state index >= 15 is 0 Å². The molecular weight excluding hydrogens is 296 g/mol. The van der Waals surface area contributed by atoms with Crippen molar-refractivity contribution in [3.8, 4) is 11.1 Å². The van der Waals surface area contributed by atoms with Gasteiger partial charge in [0, 0.05) is 18.1 Å². The maximum Gasteiger partial charge on any atom is 0.271 e. The van der Waals surface area contributed by atoms with Gasteiger partial charge in [-0.15, -0.1) is 0 Å². The van der Waals surface area contributed by atoms with E-state index in [1.165, 1.54) is 5.56 Å². The minimum Gasteiger partial charge on any atom is -0.267 e. The molecule has 3 heteroatoms. The van der Waals surface area contributed by atoms with E-state index in [9.17, 15) is 4.79 Å². The first-order valence-electron chi connectivity index (χ1n) is 8.09. The highest BCUT2D eigenvalue weighted by Gasteiger charge is 2.25. The summed E-state index contributed by atoms with van der Waals surface area (Å²) in [7, 11) is 0. The van der Waals surface area contributed by atoms with Gasteiger partial charge in [-0.2, -0.15) is 5.10 Å². The van der Waals surface area contributed by atoms with E-state index in [0.29, 0.717) is 6.42 Å². The van der Waals surface area contributed by atoms with Gasteiger partial charge in [0.2, 0.25) is 0 Å². The van der Waals surface area contributed by atoms with Crippen LogP contribution in [0.25, 0.3) is 16.7 Å². The number of allylic oxidation sites excluding steroid dienone is 2. The number of rotatable bonds is 2. The fourth-order valence-electron chi connectivity index (χ4n) is 3.30. The topological polar surface area (TPSA) is 34.9 Å². The van der Waals surface area contributed by atoms with E-state index in [1.54, 1.807) is 10.8 Å². The molecule has 2 aromatic carbocycles. The number of aromatic nitrogens is 2. The molecule has 0 N–H and O–H groups in total. The average molecular weight is 314 g/mol. The number of fused-ring (bicyclic) bond motifs is 1. The molecule has 0 saturated heterocycles. The van der Waals surface area contributed by atoms with Crippen molar-refractivity contribution in [2.75, 3.05) is 0 Å². The van der Waals surface area contributed by atoms with Crippen LogP contribution in [0, 0.1) is 13.8 Å². The van der Waals surface area contributed by atoms with Crippen molar-refractivity contribution < 1.29 is 4.79 Å². The maximum atomic E-state index is 12.6. The molecule has 4 rings (SSSR count). The normalized spacial score (nSPS) is 13.6. The highest BCUT2D eigenvalue weighted by molar-refractivity contribution is 6.00. The molecule has 118 valence electrons. The van der Waals surface area contributed by atoms with Crippen molar-refractivity contribution in [3.05, 3.63) is 83.2 Å². The fraction of sp³-hybridized carbons (Fsp3) is 0.143. The molecule has 0 fully saturated rings. The molecule has 0 aliphatic carbocycles. The van der Waals surface area contributed by atoms with Crippen molar-refractivity contribution in [1.82, 2.24) is 9.78 Å². The van der Waals surface area contributed by atoms with Crippen LogP contribution in [0.15, 0.2) is 60.7 Å². The summed E-state index contributed by atoms with van der Waals surface area (Å²) in [6.45, 7) is 4.03. The Morgan fingerprint density at radius 1 is 0.917 bits per heavy atom. The highest BCUT2D eigenvalue weighted by Crippen LogP contribution is 2.33. The van der Waals surface area contributed by atoms with Crippen LogP contribution in [-0.4, -0.2) is 15.7 Å². The second-order valence-corrected chi connectivity index (χ2v) is 6.24. The molecule has 0 saturated carbocycles. The van der Waals surface area contributed by atoms with Crippen molar-refractivity contribution in [3.63, 3.8) is 0 Å². The van der Waals surface area contributed by atoms with Gasteiger partial charge in [-0.3, -0.25) is 4.79 Å². The van der Waals surface area contributed by atoms with E-state index < -0.39 is 0 Å². The summed E-state index contributed by atoms with van der Waals surface area (Å²) in [4.78, 5) is 12.6. The van der Waals surface area contributed by atoms with Crippen LogP contribution in [0.5, 0.6) is 0 Å². The average Bonchev–Trinajstić information content (AvgIpc) is 2.93. The lowest BCUT2D eigenvalue weighted by molar-refractivity contribution is 0.0948. The molecule has 0 bridgehead atoms. The van der Waals surface area contributed by atoms with Crippen LogP contribution >= 0.6 is 0 Å². The van der Waals surface area contributed by atoms with E-state index in [2.05, 4.69) is 48.4 Å². The van der Waals surface area contributed by atoms with Gasteiger partial charge in [0.05, 0.1) is 11.4 Å². The predicted molar refractivity (Wildman–Crippen MR) is 95.9 cm³/mol. The molecule has 1 aromatic heterocycles. The monoisotopic (exact) mass is 314 g/mol. The Bertz CT molecular complexity index is 948. The standard InChI is InChI=1S/C21H18N2O/c1-14-8-10-16(11-9-14)18-12-19-21(17-6-4-3-5-7-17)15(2)22-23(19)20(24)13-18/h3-11,13H,12H2,1-2H3. The maximum absolute atomic E-state index is 12.6. The van der Waals surface area contributed by atoms with Crippen LogP contribution in [0.4, 0.5) is 0 Å². The molecule has 0 radical (unpaired) electrons. The largest absolute Gasteiger partial charge is 0.271 e. The van der Waals surface area contributed by atoms with E-state index in [0.717, 1.165) is 33.7 Å². The van der Waals surface area contributed by atoms with Crippen LogP contribution in [-0.2, 0) is 6.42 Å². The van der Waals surface area contributed by atoms with Gasteiger partial charge in [0.1, 0.15) is 0 Å². The van der Waals surface area contributed by atoms with Crippen LogP contribution in [0.1, 0.15) is 27.3 Å². The molecule has 1 aliphatic rings. The third-order valence-corrected chi connectivity index (χ3v) is 4.51. The fourth-order valence-corrected chi connectivity index (χ4v) is 3.30. The number of hydrogen-bond acceptors (Lipinski definition) is 2. The molecule has 1 aliphatic heterocycles. The Balaban J connectivity index is 1.82. The zero-order chi connectivity index (χ0) is 16.7. The molecule has 3 nitrogen and oxygen atoms in total. The zero-order valence-corrected chi connectivity index (χ0v) is 13.8. The van der Waals surface area contributed by atoms with Gasteiger partial charge in [0.15, 0.2) is 0 Å². The lowest BCUT2D eigenvalue weighted by Gasteiger charge is -2.16. The summed E-state index contributed by atoms with van der Waals surface area (Å²) in [5.41, 5.74) is 7.40. The lowest BCUT2D eigenvalue weighted by atomic mass is 9.93. The van der Waals surface area contributed by atoms with Crippen molar-refractivity contribution in [1.29, 1.82) is 0 Å². The molecule has 0 amide bonds. The summed E-state index contributed by atoms with van der Waals surface area (Å²) < 4.78 is 1.55. The van der Waals surface area contributed by atoms with E-state index in [4.69, 9.17) is 0 Å². The third kappa shape index (κ3) is 2.38. The molecule has 0 unspecified atom stereocenters. The predicted octanol–water partition coefficient (Wildman–Crippen LogP) is 4.45. The number of aryl methyl sites for hydroxylation is 2. The van der Waals surface area contributed by atoms with Gasteiger partial charge < -0.3 is 0 Å². The quantitative estimate of drug-likeness (QED) is 0.700. The first-order chi connectivity index (χ1) is 11.6. The number of benzene rings is 2. The van der Waals surface area contributed by atoms with Gasteiger partial charge >= 0.3 is 0 Å². The van der Waals surface area contributed by atoms with Crippen molar-refractivity contribution in [2.45, 2.75) is 20.3 Å². The second kappa shape index (κ2) is 5.60. The van der Waals surface area contributed by atoms with Gasteiger partial charge in [-0.1, -0.05) is 60.2 Å². The minimum atomic E-state index is -0.0721.